The Morgan fingerprint density at radius 1 is 1.07 bits per heavy atom. The average Bonchev–Trinajstić information content (AvgIpc) is 2.70. The number of fused-ring (bicyclic) bond motifs is 1. The summed E-state index contributed by atoms with van der Waals surface area (Å²) in [6, 6.07) is 10.0. The summed E-state index contributed by atoms with van der Waals surface area (Å²) in [5.74, 6) is 0.416. The van der Waals surface area contributed by atoms with Crippen LogP contribution in [0.15, 0.2) is 36.4 Å². The number of methoxy groups -OCH3 is 2. The third kappa shape index (κ3) is 4.25. The molecule has 0 spiro atoms. The number of benzene rings is 2. The first-order valence-electron chi connectivity index (χ1n) is 8.25. The van der Waals surface area contributed by atoms with Gasteiger partial charge in [0.2, 0.25) is 5.91 Å². The molecule has 1 aliphatic rings. The van der Waals surface area contributed by atoms with Crippen molar-refractivity contribution in [2.45, 2.75) is 6.42 Å². The van der Waals surface area contributed by atoms with Crippen molar-refractivity contribution in [2.24, 2.45) is 5.92 Å². The van der Waals surface area contributed by atoms with Gasteiger partial charge in [-0.3, -0.25) is 20.4 Å². The molecule has 0 aromatic heterocycles. The smallest absolute Gasteiger partial charge is 0.269 e. The molecular formula is C19H19ClN2O5. The second-order valence-corrected chi connectivity index (χ2v) is 6.41. The lowest BCUT2D eigenvalue weighted by molar-refractivity contribution is -0.127. The van der Waals surface area contributed by atoms with Crippen LogP contribution in [-0.4, -0.2) is 32.6 Å². The Hall–Kier alpha value is -2.93. The number of amides is 2. The van der Waals surface area contributed by atoms with Gasteiger partial charge in [-0.05, 0) is 48.4 Å². The standard InChI is InChI=1S/C19H19ClN2O5/c1-25-16-5-3-11(9-17(16)26-2)18(23)21-22-19(24)13-7-12-8-14(20)4-6-15(12)27-10-13/h3-6,8-9,13H,7,10H2,1-2H3,(H,21,23)(H,22,24). The maximum Gasteiger partial charge on any atom is 0.269 e. The molecule has 0 bridgehead atoms. The Bertz CT molecular complexity index is 871. The van der Waals surface area contributed by atoms with Gasteiger partial charge in [0.1, 0.15) is 12.4 Å². The van der Waals surface area contributed by atoms with Crippen LogP contribution in [0, 0.1) is 5.92 Å². The van der Waals surface area contributed by atoms with Gasteiger partial charge < -0.3 is 14.2 Å². The number of nitrogens with one attached hydrogen (secondary N) is 2. The predicted molar refractivity (Wildman–Crippen MR) is 99.3 cm³/mol. The van der Waals surface area contributed by atoms with Gasteiger partial charge in [-0.2, -0.15) is 0 Å². The fraction of sp³-hybridized carbons (Fsp3) is 0.263. The molecule has 27 heavy (non-hydrogen) atoms. The van der Waals surface area contributed by atoms with Crippen LogP contribution in [-0.2, 0) is 11.2 Å². The number of carbonyl (C=O) groups is 2. The van der Waals surface area contributed by atoms with Crippen molar-refractivity contribution in [3.63, 3.8) is 0 Å². The fourth-order valence-corrected chi connectivity index (χ4v) is 3.00. The molecule has 1 atom stereocenters. The fourth-order valence-electron chi connectivity index (χ4n) is 2.80. The second kappa shape index (κ2) is 8.18. The summed E-state index contributed by atoms with van der Waals surface area (Å²) in [5.41, 5.74) is 6.03. The van der Waals surface area contributed by atoms with E-state index in [2.05, 4.69) is 10.9 Å². The second-order valence-electron chi connectivity index (χ2n) is 5.98. The van der Waals surface area contributed by atoms with Gasteiger partial charge in [-0.1, -0.05) is 11.6 Å². The number of carbonyl (C=O) groups excluding carboxylic acids is 2. The average molecular weight is 391 g/mol. The van der Waals surface area contributed by atoms with Gasteiger partial charge in [0, 0.05) is 10.6 Å². The Balaban J connectivity index is 1.60. The maximum atomic E-state index is 12.4. The SMILES string of the molecule is COc1ccc(C(=O)NNC(=O)C2COc3ccc(Cl)cc3C2)cc1OC. The van der Waals surface area contributed by atoms with E-state index in [1.165, 1.54) is 20.3 Å². The first kappa shape index (κ1) is 18.8. The van der Waals surface area contributed by atoms with E-state index in [1.54, 1.807) is 30.3 Å². The zero-order chi connectivity index (χ0) is 19.4. The molecule has 1 unspecified atom stereocenters. The molecule has 2 N–H and O–H groups in total. The lowest BCUT2D eigenvalue weighted by Crippen LogP contribution is -2.47. The number of rotatable bonds is 4. The largest absolute Gasteiger partial charge is 0.493 e. The minimum Gasteiger partial charge on any atom is -0.493 e. The Labute approximate surface area is 161 Å². The molecule has 0 aliphatic carbocycles. The minimum atomic E-state index is -0.468. The summed E-state index contributed by atoms with van der Waals surface area (Å²) in [5, 5.41) is 0.583. The third-order valence-corrected chi connectivity index (χ3v) is 4.48. The number of ether oxygens (including phenoxy) is 3. The highest BCUT2D eigenvalue weighted by atomic mass is 35.5. The molecule has 2 aromatic rings. The molecule has 0 saturated carbocycles. The lowest BCUT2D eigenvalue weighted by atomic mass is 9.96. The first-order chi connectivity index (χ1) is 13.0. The molecule has 1 heterocycles. The van der Waals surface area contributed by atoms with Gasteiger partial charge in [0.15, 0.2) is 11.5 Å². The molecule has 7 nitrogen and oxygen atoms in total. The molecule has 2 amide bonds. The molecule has 3 rings (SSSR count). The first-order valence-corrected chi connectivity index (χ1v) is 8.63. The molecule has 1 aliphatic heterocycles. The molecule has 8 heteroatoms. The van der Waals surface area contributed by atoms with Gasteiger partial charge in [0.05, 0.1) is 20.1 Å². The molecule has 0 fully saturated rings. The molecule has 142 valence electrons. The number of hydrogen-bond acceptors (Lipinski definition) is 5. The van der Waals surface area contributed by atoms with Crippen LogP contribution in [0.1, 0.15) is 15.9 Å². The van der Waals surface area contributed by atoms with Crippen LogP contribution >= 0.6 is 11.6 Å². The zero-order valence-corrected chi connectivity index (χ0v) is 15.6. The van der Waals surface area contributed by atoms with Crippen molar-refractivity contribution in [1.82, 2.24) is 10.9 Å². The van der Waals surface area contributed by atoms with Crippen LogP contribution in [0.25, 0.3) is 0 Å². The van der Waals surface area contributed by atoms with E-state index < -0.39 is 11.8 Å². The maximum absolute atomic E-state index is 12.4. The van der Waals surface area contributed by atoms with Crippen LogP contribution < -0.4 is 25.1 Å². The molecule has 2 aromatic carbocycles. The highest BCUT2D eigenvalue weighted by Crippen LogP contribution is 2.30. The quantitative estimate of drug-likeness (QED) is 0.783. The van der Waals surface area contributed by atoms with Crippen LogP contribution in [0.4, 0.5) is 0 Å². The minimum absolute atomic E-state index is 0.229. The summed E-state index contributed by atoms with van der Waals surface area (Å²) in [6.07, 6.45) is 0.480. The predicted octanol–water partition coefficient (Wildman–Crippen LogP) is 2.37. The van der Waals surface area contributed by atoms with E-state index in [4.69, 9.17) is 25.8 Å². The van der Waals surface area contributed by atoms with Crippen LogP contribution in [0.3, 0.4) is 0 Å². The number of hydrazine groups is 1. The van der Waals surface area contributed by atoms with Crippen LogP contribution in [0.2, 0.25) is 5.02 Å². The zero-order valence-electron chi connectivity index (χ0n) is 14.9. The van der Waals surface area contributed by atoms with Crippen molar-refractivity contribution in [1.29, 1.82) is 0 Å². The van der Waals surface area contributed by atoms with Crippen molar-refractivity contribution in [3.05, 3.63) is 52.5 Å². The van der Waals surface area contributed by atoms with Crippen LogP contribution in [0.5, 0.6) is 17.2 Å². The van der Waals surface area contributed by atoms with Gasteiger partial charge in [-0.25, -0.2) is 0 Å². The number of hydrogen-bond donors (Lipinski definition) is 2. The van der Waals surface area contributed by atoms with Crippen molar-refractivity contribution >= 4 is 23.4 Å². The van der Waals surface area contributed by atoms with Gasteiger partial charge >= 0.3 is 0 Å². The summed E-state index contributed by atoms with van der Waals surface area (Å²) in [7, 11) is 2.99. The van der Waals surface area contributed by atoms with E-state index >= 15 is 0 Å². The number of halogens is 1. The van der Waals surface area contributed by atoms with E-state index in [-0.39, 0.29) is 12.5 Å². The third-order valence-electron chi connectivity index (χ3n) is 4.24. The summed E-state index contributed by atoms with van der Waals surface area (Å²) in [6.45, 7) is 0.229. The van der Waals surface area contributed by atoms with E-state index in [0.717, 1.165) is 11.3 Å². The van der Waals surface area contributed by atoms with Gasteiger partial charge in [0.25, 0.3) is 5.91 Å². The van der Waals surface area contributed by atoms with E-state index in [9.17, 15) is 9.59 Å². The summed E-state index contributed by atoms with van der Waals surface area (Å²) < 4.78 is 15.9. The highest BCUT2D eigenvalue weighted by molar-refractivity contribution is 6.30. The Morgan fingerprint density at radius 2 is 1.85 bits per heavy atom. The Kier molecular flexibility index (Phi) is 5.71. The van der Waals surface area contributed by atoms with Crippen molar-refractivity contribution < 1.29 is 23.8 Å². The summed E-state index contributed by atoms with van der Waals surface area (Å²) in [4.78, 5) is 24.6. The molecular weight excluding hydrogens is 372 g/mol. The highest BCUT2D eigenvalue weighted by Gasteiger charge is 2.26. The topological polar surface area (TPSA) is 85.9 Å². The van der Waals surface area contributed by atoms with E-state index in [0.29, 0.717) is 28.5 Å². The van der Waals surface area contributed by atoms with Gasteiger partial charge in [-0.15, -0.1) is 0 Å². The summed E-state index contributed by atoms with van der Waals surface area (Å²) >= 11 is 5.99. The normalized spacial score (nSPS) is 15.1. The monoisotopic (exact) mass is 390 g/mol. The van der Waals surface area contributed by atoms with Crippen molar-refractivity contribution in [2.75, 3.05) is 20.8 Å². The van der Waals surface area contributed by atoms with E-state index in [1.807, 2.05) is 0 Å². The molecule has 0 radical (unpaired) electrons. The Morgan fingerprint density at radius 3 is 2.59 bits per heavy atom. The van der Waals surface area contributed by atoms with Crippen molar-refractivity contribution in [3.8, 4) is 17.2 Å². The lowest BCUT2D eigenvalue weighted by Gasteiger charge is -2.24. The molecule has 0 saturated heterocycles.